The number of hydrogen-bond donors (Lipinski definition) is 1. The summed E-state index contributed by atoms with van der Waals surface area (Å²) in [7, 11) is 1.66. The molecule has 0 radical (unpaired) electrons. The number of ether oxygens (including phenoxy) is 1. The first kappa shape index (κ1) is 23.1. The Morgan fingerprint density at radius 1 is 1.09 bits per heavy atom. The largest absolute Gasteiger partial charge is 0.497 e. The summed E-state index contributed by atoms with van der Waals surface area (Å²) in [5.74, 6) is 0.765. The van der Waals surface area contributed by atoms with Crippen molar-refractivity contribution in [3.8, 4) is 5.75 Å². The first-order valence-corrected chi connectivity index (χ1v) is 11.7. The van der Waals surface area contributed by atoms with Gasteiger partial charge in [0.05, 0.1) is 18.6 Å². The summed E-state index contributed by atoms with van der Waals surface area (Å²) in [6, 6.07) is 12.2. The van der Waals surface area contributed by atoms with Crippen LogP contribution in [0.25, 0.3) is 0 Å². The molecule has 1 aliphatic rings. The molecule has 3 aromatic rings. The molecule has 1 saturated heterocycles. The van der Waals surface area contributed by atoms with Crippen LogP contribution in [0.15, 0.2) is 59.9 Å². The Bertz CT molecular complexity index is 1110. The highest BCUT2D eigenvalue weighted by atomic mass is 35.5. The number of benzene rings is 2. The third-order valence-electron chi connectivity index (χ3n) is 5.21. The summed E-state index contributed by atoms with van der Waals surface area (Å²) in [6.45, 7) is 3.23. The van der Waals surface area contributed by atoms with Crippen LogP contribution in [0.5, 0.6) is 5.75 Å². The summed E-state index contributed by atoms with van der Waals surface area (Å²) in [4.78, 5) is 25.8. The monoisotopic (exact) mass is 487 g/mol. The van der Waals surface area contributed by atoms with E-state index in [1.807, 2.05) is 12.1 Å². The van der Waals surface area contributed by atoms with Crippen LogP contribution in [0.2, 0.25) is 5.02 Å². The van der Waals surface area contributed by atoms with Crippen LogP contribution >= 0.6 is 23.4 Å². The van der Waals surface area contributed by atoms with Gasteiger partial charge in [-0.1, -0.05) is 23.4 Å². The Kier molecular flexibility index (Phi) is 7.51. The number of halogens is 2. The van der Waals surface area contributed by atoms with Gasteiger partial charge in [-0.05, 0) is 42.5 Å². The van der Waals surface area contributed by atoms with E-state index in [0.717, 1.165) is 49.5 Å². The quantitative estimate of drug-likeness (QED) is 0.497. The Balaban J connectivity index is 1.35. The van der Waals surface area contributed by atoms with E-state index in [2.05, 4.69) is 37.2 Å². The van der Waals surface area contributed by atoms with Crippen LogP contribution in [0, 0.1) is 5.82 Å². The normalized spacial score (nSPS) is 13.7. The minimum Gasteiger partial charge on any atom is -0.497 e. The van der Waals surface area contributed by atoms with Gasteiger partial charge < -0.3 is 19.9 Å². The SMILES string of the molecule is COc1ccc(N2CCN(c3nccnc3SCC(=O)Nc3ccc(Cl)cc3F)CC2)cc1. The number of nitrogens with one attached hydrogen (secondary N) is 1. The third-order valence-corrected chi connectivity index (χ3v) is 6.41. The number of carbonyl (C=O) groups is 1. The van der Waals surface area contributed by atoms with Crippen molar-refractivity contribution < 1.29 is 13.9 Å². The van der Waals surface area contributed by atoms with Crippen molar-refractivity contribution in [3.63, 3.8) is 0 Å². The van der Waals surface area contributed by atoms with E-state index in [4.69, 9.17) is 16.3 Å². The zero-order valence-corrected chi connectivity index (χ0v) is 19.6. The summed E-state index contributed by atoms with van der Waals surface area (Å²) < 4.78 is 19.2. The Morgan fingerprint density at radius 3 is 2.48 bits per heavy atom. The van der Waals surface area contributed by atoms with Crippen LogP contribution in [0.3, 0.4) is 0 Å². The topological polar surface area (TPSA) is 70.6 Å². The van der Waals surface area contributed by atoms with Gasteiger partial charge in [-0.25, -0.2) is 14.4 Å². The molecule has 2 aromatic carbocycles. The van der Waals surface area contributed by atoms with Crippen molar-refractivity contribution in [1.29, 1.82) is 0 Å². The molecule has 172 valence electrons. The molecule has 1 amide bonds. The molecule has 1 aliphatic heterocycles. The second kappa shape index (κ2) is 10.7. The van der Waals surface area contributed by atoms with Gasteiger partial charge >= 0.3 is 0 Å². The van der Waals surface area contributed by atoms with Gasteiger partial charge in [-0.15, -0.1) is 0 Å². The maximum atomic E-state index is 13.9. The number of amides is 1. The molecule has 0 saturated carbocycles. The van der Waals surface area contributed by atoms with E-state index >= 15 is 0 Å². The summed E-state index contributed by atoms with van der Waals surface area (Å²) in [5, 5.41) is 3.51. The van der Waals surface area contributed by atoms with Crippen LogP contribution in [-0.4, -0.2) is 54.9 Å². The molecule has 0 unspecified atom stereocenters. The van der Waals surface area contributed by atoms with Gasteiger partial charge in [0.2, 0.25) is 5.91 Å². The van der Waals surface area contributed by atoms with E-state index in [0.29, 0.717) is 5.03 Å². The maximum Gasteiger partial charge on any atom is 0.234 e. The molecule has 1 N–H and O–H groups in total. The first-order chi connectivity index (χ1) is 16.0. The maximum absolute atomic E-state index is 13.9. The fraction of sp³-hybridized carbons (Fsp3) is 0.261. The predicted molar refractivity (Wildman–Crippen MR) is 130 cm³/mol. The lowest BCUT2D eigenvalue weighted by atomic mass is 10.2. The van der Waals surface area contributed by atoms with Crippen LogP contribution in [0.4, 0.5) is 21.6 Å². The summed E-state index contributed by atoms with van der Waals surface area (Å²) in [5.41, 5.74) is 1.24. The average molecular weight is 488 g/mol. The number of methoxy groups -OCH3 is 1. The molecule has 1 aromatic heterocycles. The van der Waals surface area contributed by atoms with E-state index in [-0.39, 0.29) is 22.4 Å². The summed E-state index contributed by atoms with van der Waals surface area (Å²) >= 11 is 7.03. The molecule has 10 heteroatoms. The minimum atomic E-state index is -0.573. The number of thioether (sulfide) groups is 1. The first-order valence-electron chi connectivity index (χ1n) is 10.4. The smallest absolute Gasteiger partial charge is 0.234 e. The molecule has 0 bridgehead atoms. The molecule has 1 fully saturated rings. The molecule has 2 heterocycles. The zero-order chi connectivity index (χ0) is 23.2. The lowest BCUT2D eigenvalue weighted by Crippen LogP contribution is -2.47. The number of nitrogens with zero attached hydrogens (tertiary/aromatic N) is 4. The molecule has 4 rings (SSSR count). The Morgan fingerprint density at radius 2 is 1.79 bits per heavy atom. The molecule has 33 heavy (non-hydrogen) atoms. The van der Waals surface area contributed by atoms with Crippen molar-refractivity contribution in [2.24, 2.45) is 0 Å². The Hall–Kier alpha value is -3.04. The number of piperazine rings is 1. The molecule has 0 atom stereocenters. The molecular formula is C23H23ClFN5O2S. The van der Waals surface area contributed by atoms with Gasteiger partial charge in [-0.2, -0.15) is 0 Å². The fourth-order valence-electron chi connectivity index (χ4n) is 3.52. The predicted octanol–water partition coefficient (Wildman–Crippen LogP) is 4.34. The van der Waals surface area contributed by atoms with Crippen LogP contribution < -0.4 is 19.9 Å². The van der Waals surface area contributed by atoms with E-state index in [1.54, 1.807) is 19.5 Å². The lowest BCUT2D eigenvalue weighted by molar-refractivity contribution is -0.113. The molecule has 0 aliphatic carbocycles. The second-order valence-corrected chi connectivity index (χ2v) is 8.72. The number of rotatable bonds is 7. The third kappa shape index (κ3) is 5.85. The molecule has 7 nitrogen and oxygen atoms in total. The van der Waals surface area contributed by atoms with E-state index in [9.17, 15) is 9.18 Å². The average Bonchev–Trinajstić information content (AvgIpc) is 2.85. The lowest BCUT2D eigenvalue weighted by Gasteiger charge is -2.37. The second-order valence-electron chi connectivity index (χ2n) is 7.32. The number of hydrogen-bond acceptors (Lipinski definition) is 7. The molecular weight excluding hydrogens is 465 g/mol. The Labute approximate surface area is 200 Å². The number of aromatic nitrogens is 2. The van der Waals surface area contributed by atoms with Crippen LogP contribution in [0.1, 0.15) is 0 Å². The standard InChI is InChI=1S/C23H23ClFN5O2S/c1-32-18-5-3-17(4-6-18)29-10-12-30(13-11-29)22-23(27-9-8-26-22)33-15-21(31)28-20-7-2-16(24)14-19(20)25/h2-9,14H,10-13,15H2,1H3,(H,28,31). The highest BCUT2D eigenvalue weighted by molar-refractivity contribution is 8.00. The van der Waals surface area contributed by atoms with Gasteiger partial charge in [0, 0.05) is 49.3 Å². The van der Waals surface area contributed by atoms with Gasteiger partial charge in [-0.3, -0.25) is 4.79 Å². The highest BCUT2D eigenvalue weighted by Crippen LogP contribution is 2.28. The fourth-order valence-corrected chi connectivity index (χ4v) is 4.46. The van der Waals surface area contributed by atoms with Crippen molar-refractivity contribution in [2.45, 2.75) is 5.03 Å². The van der Waals surface area contributed by atoms with Crippen molar-refractivity contribution in [3.05, 3.63) is 65.7 Å². The number of anilines is 3. The molecule has 0 spiro atoms. The van der Waals surface area contributed by atoms with Gasteiger partial charge in [0.15, 0.2) is 5.82 Å². The van der Waals surface area contributed by atoms with Crippen molar-refractivity contribution in [1.82, 2.24) is 9.97 Å². The van der Waals surface area contributed by atoms with Crippen molar-refractivity contribution in [2.75, 3.05) is 54.2 Å². The summed E-state index contributed by atoms with van der Waals surface area (Å²) in [6.07, 6.45) is 3.26. The zero-order valence-electron chi connectivity index (χ0n) is 18.0. The van der Waals surface area contributed by atoms with Crippen molar-refractivity contribution >= 4 is 46.5 Å². The van der Waals surface area contributed by atoms with E-state index in [1.165, 1.54) is 23.9 Å². The van der Waals surface area contributed by atoms with Crippen LogP contribution in [-0.2, 0) is 4.79 Å². The highest BCUT2D eigenvalue weighted by Gasteiger charge is 2.22. The minimum absolute atomic E-state index is 0.0829. The van der Waals surface area contributed by atoms with E-state index < -0.39 is 5.82 Å². The number of carbonyl (C=O) groups excluding carboxylic acids is 1. The van der Waals surface area contributed by atoms with Gasteiger partial charge in [0.25, 0.3) is 0 Å². The van der Waals surface area contributed by atoms with Gasteiger partial charge in [0.1, 0.15) is 16.6 Å².